The molecule has 4 rings (SSSR count). The molecule has 0 unspecified atom stereocenters. The van der Waals surface area contributed by atoms with Gasteiger partial charge in [0.2, 0.25) is 5.78 Å². The van der Waals surface area contributed by atoms with Crippen LogP contribution in [-0.2, 0) is 0 Å². The Morgan fingerprint density at radius 1 is 1.05 bits per heavy atom. The Balaban J connectivity index is 1.66. The van der Waals surface area contributed by atoms with E-state index < -0.39 is 0 Å². The fourth-order valence-corrected chi connectivity index (χ4v) is 3.35. The number of carbonyl (C=O) groups is 1. The van der Waals surface area contributed by atoms with Crippen LogP contribution in [0.15, 0.2) is 54.6 Å². The highest BCUT2D eigenvalue weighted by Gasteiger charge is 2.23. The van der Waals surface area contributed by atoms with Gasteiger partial charge in [0.05, 0.1) is 11.0 Å². The minimum absolute atomic E-state index is 0.0671. The van der Waals surface area contributed by atoms with Gasteiger partial charge in [0.1, 0.15) is 5.75 Å². The van der Waals surface area contributed by atoms with Gasteiger partial charge < -0.3 is 4.74 Å². The van der Waals surface area contributed by atoms with Crippen molar-refractivity contribution in [2.75, 3.05) is 0 Å². The predicted octanol–water partition coefficient (Wildman–Crippen LogP) is 4.67. The summed E-state index contributed by atoms with van der Waals surface area (Å²) in [7, 11) is 0. The first-order valence-corrected chi connectivity index (χ1v) is 7.91. The highest BCUT2D eigenvalue weighted by molar-refractivity contribution is 7.21. The molecule has 0 radical (unpaired) electrons. The third kappa shape index (κ3) is 2.57. The zero-order chi connectivity index (χ0) is 14.2. The van der Waals surface area contributed by atoms with Gasteiger partial charge in [-0.05, 0) is 42.5 Å². The van der Waals surface area contributed by atoms with Gasteiger partial charge in [-0.2, -0.15) is 0 Å². The van der Waals surface area contributed by atoms with Crippen LogP contribution in [0.5, 0.6) is 5.75 Å². The first kappa shape index (κ1) is 12.6. The Hall–Kier alpha value is -2.13. The first-order valence-electron chi connectivity index (χ1n) is 7.09. The highest BCUT2D eigenvalue weighted by atomic mass is 32.1. The largest absolute Gasteiger partial charge is 0.490 e. The van der Waals surface area contributed by atoms with Crippen molar-refractivity contribution < 1.29 is 9.53 Å². The fraction of sp³-hybridized carbons (Fsp3) is 0.167. The lowest BCUT2D eigenvalue weighted by Gasteiger charge is -2.05. The van der Waals surface area contributed by atoms with E-state index in [1.54, 1.807) is 11.3 Å². The van der Waals surface area contributed by atoms with E-state index in [0.717, 1.165) is 33.6 Å². The molecule has 1 aliphatic carbocycles. The molecule has 0 bridgehead atoms. The summed E-state index contributed by atoms with van der Waals surface area (Å²) in [5.74, 6) is 0.863. The van der Waals surface area contributed by atoms with E-state index in [4.69, 9.17) is 4.74 Å². The Morgan fingerprint density at radius 3 is 2.71 bits per heavy atom. The van der Waals surface area contributed by atoms with E-state index in [0.29, 0.717) is 11.7 Å². The van der Waals surface area contributed by atoms with E-state index in [-0.39, 0.29) is 5.78 Å². The van der Waals surface area contributed by atoms with Gasteiger partial charge in [-0.1, -0.05) is 30.3 Å². The monoisotopic (exact) mass is 294 g/mol. The molecule has 1 saturated carbocycles. The molecule has 0 atom stereocenters. The molecule has 0 amide bonds. The Morgan fingerprint density at radius 2 is 1.90 bits per heavy atom. The van der Waals surface area contributed by atoms with Gasteiger partial charge in [0, 0.05) is 10.3 Å². The molecule has 1 aromatic heterocycles. The minimum Gasteiger partial charge on any atom is -0.490 e. The lowest BCUT2D eigenvalue weighted by Crippen LogP contribution is -2.01. The minimum atomic E-state index is 0.0671. The van der Waals surface area contributed by atoms with Crippen LogP contribution in [0.2, 0.25) is 0 Å². The normalized spacial score (nSPS) is 14.3. The second-order valence-electron chi connectivity index (χ2n) is 5.32. The molecule has 1 fully saturated rings. The van der Waals surface area contributed by atoms with Gasteiger partial charge in [0.15, 0.2) is 0 Å². The quantitative estimate of drug-likeness (QED) is 0.653. The van der Waals surface area contributed by atoms with Crippen molar-refractivity contribution in [2.24, 2.45) is 0 Å². The molecular formula is C18H14O2S. The third-order valence-electron chi connectivity index (χ3n) is 3.57. The van der Waals surface area contributed by atoms with Gasteiger partial charge in [-0.3, -0.25) is 4.79 Å². The van der Waals surface area contributed by atoms with Crippen LogP contribution < -0.4 is 4.74 Å². The SMILES string of the molecule is O=C(c1cccc(OC2CC2)c1)c1cc2ccccc2s1. The summed E-state index contributed by atoms with van der Waals surface area (Å²) < 4.78 is 6.91. The van der Waals surface area contributed by atoms with Crippen LogP contribution in [0.1, 0.15) is 28.1 Å². The molecule has 0 saturated heterocycles. The Kier molecular flexibility index (Phi) is 3.00. The van der Waals surface area contributed by atoms with Crippen LogP contribution in [0.4, 0.5) is 0 Å². The lowest BCUT2D eigenvalue weighted by atomic mass is 10.1. The molecule has 1 aliphatic rings. The molecule has 0 aliphatic heterocycles. The number of thiophene rings is 1. The number of hydrogen-bond donors (Lipinski definition) is 0. The van der Waals surface area contributed by atoms with Crippen molar-refractivity contribution >= 4 is 27.2 Å². The number of carbonyl (C=O) groups excluding carboxylic acids is 1. The molecule has 3 heteroatoms. The second-order valence-corrected chi connectivity index (χ2v) is 6.41. The highest BCUT2D eigenvalue weighted by Crippen LogP contribution is 2.30. The van der Waals surface area contributed by atoms with Gasteiger partial charge >= 0.3 is 0 Å². The molecule has 1 heterocycles. The summed E-state index contributed by atoms with van der Waals surface area (Å²) >= 11 is 1.54. The number of benzene rings is 2. The summed E-state index contributed by atoms with van der Waals surface area (Å²) in [4.78, 5) is 13.4. The predicted molar refractivity (Wildman–Crippen MR) is 85.3 cm³/mol. The van der Waals surface area contributed by atoms with Crippen molar-refractivity contribution in [3.63, 3.8) is 0 Å². The zero-order valence-electron chi connectivity index (χ0n) is 11.4. The average molecular weight is 294 g/mol. The van der Waals surface area contributed by atoms with E-state index in [1.807, 2.05) is 54.6 Å². The number of ketones is 1. The van der Waals surface area contributed by atoms with Crippen molar-refractivity contribution in [3.05, 3.63) is 65.0 Å². The summed E-state index contributed by atoms with van der Waals surface area (Å²) in [6.45, 7) is 0. The molecule has 21 heavy (non-hydrogen) atoms. The maximum Gasteiger partial charge on any atom is 0.203 e. The summed E-state index contributed by atoms with van der Waals surface area (Å²) in [6, 6.07) is 17.6. The standard InChI is InChI=1S/C18H14O2S/c19-18(17-11-12-4-1-2-7-16(12)21-17)13-5-3-6-15(10-13)20-14-8-9-14/h1-7,10-11,14H,8-9H2. The molecular weight excluding hydrogens is 280 g/mol. The van der Waals surface area contributed by atoms with Crippen LogP contribution in [0.3, 0.4) is 0 Å². The van der Waals surface area contributed by atoms with Crippen molar-refractivity contribution in [1.82, 2.24) is 0 Å². The van der Waals surface area contributed by atoms with Gasteiger partial charge in [0.25, 0.3) is 0 Å². The number of rotatable bonds is 4. The van der Waals surface area contributed by atoms with Gasteiger partial charge in [-0.25, -0.2) is 0 Å². The zero-order valence-corrected chi connectivity index (χ0v) is 12.2. The van der Waals surface area contributed by atoms with E-state index in [2.05, 4.69) is 0 Å². The maximum absolute atomic E-state index is 12.6. The molecule has 2 nitrogen and oxygen atoms in total. The van der Waals surface area contributed by atoms with Crippen LogP contribution in [-0.4, -0.2) is 11.9 Å². The van der Waals surface area contributed by atoms with Crippen LogP contribution in [0.25, 0.3) is 10.1 Å². The van der Waals surface area contributed by atoms with Crippen molar-refractivity contribution in [1.29, 1.82) is 0 Å². The summed E-state index contributed by atoms with van der Waals surface area (Å²) in [6.07, 6.45) is 2.59. The lowest BCUT2D eigenvalue weighted by molar-refractivity contribution is 0.104. The fourth-order valence-electron chi connectivity index (χ4n) is 2.33. The molecule has 2 aromatic carbocycles. The van der Waals surface area contributed by atoms with Crippen LogP contribution in [0, 0.1) is 0 Å². The topological polar surface area (TPSA) is 26.3 Å². The summed E-state index contributed by atoms with van der Waals surface area (Å²) in [5.41, 5.74) is 0.694. The number of fused-ring (bicyclic) bond motifs is 1. The van der Waals surface area contributed by atoms with Crippen LogP contribution >= 0.6 is 11.3 Å². The van der Waals surface area contributed by atoms with E-state index >= 15 is 0 Å². The molecule has 3 aromatic rings. The van der Waals surface area contributed by atoms with E-state index in [9.17, 15) is 4.79 Å². The Bertz CT molecular complexity index is 782. The number of hydrogen-bond acceptors (Lipinski definition) is 3. The van der Waals surface area contributed by atoms with Crippen molar-refractivity contribution in [2.45, 2.75) is 18.9 Å². The average Bonchev–Trinajstić information content (AvgIpc) is 3.21. The van der Waals surface area contributed by atoms with Crippen molar-refractivity contribution in [3.8, 4) is 5.75 Å². The summed E-state index contributed by atoms with van der Waals surface area (Å²) in [5, 5.41) is 1.12. The first-order chi connectivity index (χ1) is 10.3. The Labute approximate surface area is 127 Å². The molecule has 0 spiro atoms. The third-order valence-corrected chi connectivity index (χ3v) is 4.69. The maximum atomic E-state index is 12.6. The molecule has 0 N–H and O–H groups in total. The van der Waals surface area contributed by atoms with Gasteiger partial charge in [-0.15, -0.1) is 11.3 Å². The number of ether oxygens (including phenoxy) is 1. The smallest absolute Gasteiger partial charge is 0.203 e. The second kappa shape index (κ2) is 5.01. The molecule has 104 valence electrons. The van der Waals surface area contributed by atoms with E-state index in [1.165, 1.54) is 0 Å².